The summed E-state index contributed by atoms with van der Waals surface area (Å²) in [6.45, 7) is 9.40. The Kier molecular flexibility index (Phi) is 7.32. The third-order valence-corrected chi connectivity index (χ3v) is 23.1. The molecule has 0 heterocycles. The van der Waals surface area contributed by atoms with Gasteiger partial charge in [-0.1, -0.05) is 0 Å². The molecular formula is C20H30OTi2. The van der Waals surface area contributed by atoms with Crippen molar-refractivity contribution in [2.75, 3.05) is 0 Å². The Morgan fingerprint density at radius 3 is 1.30 bits per heavy atom. The van der Waals surface area contributed by atoms with Crippen LogP contribution >= 0.6 is 0 Å². The van der Waals surface area contributed by atoms with Crippen LogP contribution in [-0.4, -0.2) is 0 Å². The zero-order valence-corrected chi connectivity index (χ0v) is 18.1. The molecule has 0 saturated heterocycles. The van der Waals surface area contributed by atoms with Gasteiger partial charge in [0.25, 0.3) is 0 Å². The van der Waals surface area contributed by atoms with E-state index in [0.717, 1.165) is 4.73 Å². The van der Waals surface area contributed by atoms with Crippen LogP contribution in [0.25, 0.3) is 0 Å². The van der Waals surface area contributed by atoms with Crippen molar-refractivity contribution >= 4 is 7.74 Å². The summed E-state index contributed by atoms with van der Waals surface area (Å²) < 4.78 is 15.3. The van der Waals surface area contributed by atoms with Gasteiger partial charge in [0.1, 0.15) is 0 Å². The summed E-state index contributed by atoms with van der Waals surface area (Å²) in [5.74, 6) is 0. The summed E-state index contributed by atoms with van der Waals surface area (Å²) in [7, 11) is 0. The molecule has 0 spiro atoms. The van der Waals surface area contributed by atoms with Crippen molar-refractivity contribution in [1.29, 1.82) is 0 Å². The second kappa shape index (κ2) is 8.79. The molecule has 23 heavy (non-hydrogen) atoms. The minimum atomic E-state index is -2.78. The standard InChI is InChI=1S/2C6H5.4C2H5.O.2Ti/c2*1-2-4-6-5-3-1;4*1-2;;;/h2*1-5H;4*1H2,2H3;;;. The summed E-state index contributed by atoms with van der Waals surface area (Å²) >= 11 is -5.02. The van der Waals surface area contributed by atoms with Crippen LogP contribution in [0.4, 0.5) is 0 Å². The third-order valence-electron chi connectivity index (χ3n) is 5.30. The fraction of sp³-hybridized carbons (Fsp3) is 0.400. The van der Waals surface area contributed by atoms with E-state index < -0.39 is 34.0 Å². The quantitative estimate of drug-likeness (QED) is 0.545. The summed E-state index contributed by atoms with van der Waals surface area (Å²) in [6, 6.07) is 22.2. The van der Waals surface area contributed by atoms with Gasteiger partial charge in [0.05, 0.1) is 0 Å². The molecule has 3 heteroatoms. The zero-order valence-electron chi connectivity index (χ0n) is 15.0. The Bertz CT molecular complexity index is 531. The number of benzene rings is 2. The molecule has 2 aromatic rings. The summed E-state index contributed by atoms with van der Waals surface area (Å²) in [5, 5.41) is 0. The van der Waals surface area contributed by atoms with Crippen LogP contribution in [0.2, 0.25) is 18.9 Å². The van der Waals surface area contributed by atoms with Crippen molar-refractivity contribution in [3.8, 4) is 0 Å². The molecule has 2 rings (SSSR count). The molecule has 0 radical (unpaired) electrons. The molecule has 0 saturated carbocycles. The Balaban J connectivity index is 2.60. The number of rotatable bonds is 8. The molecule has 124 valence electrons. The fourth-order valence-electron chi connectivity index (χ4n) is 3.52. The molecule has 0 fully saturated rings. The number of hydrogen-bond acceptors (Lipinski definition) is 1. The van der Waals surface area contributed by atoms with Gasteiger partial charge in [-0.05, 0) is 0 Å². The molecule has 2 aromatic carbocycles. The Morgan fingerprint density at radius 2 is 1.00 bits per heavy atom. The van der Waals surface area contributed by atoms with E-state index >= 15 is 0 Å². The molecule has 1 nitrogen and oxygen atoms in total. The van der Waals surface area contributed by atoms with Crippen LogP contribution < -0.4 is 7.74 Å². The van der Waals surface area contributed by atoms with E-state index in [0.29, 0.717) is 0 Å². The first kappa shape index (κ1) is 19.2. The number of hydrogen-bond donors (Lipinski definition) is 0. The first-order valence-corrected chi connectivity index (χ1v) is 16.2. The van der Waals surface area contributed by atoms with E-state index in [1.807, 2.05) is 0 Å². The van der Waals surface area contributed by atoms with Crippen LogP contribution in [-0.2, 0) is 35.9 Å². The fourth-order valence-corrected chi connectivity index (χ4v) is 22.4. The van der Waals surface area contributed by atoms with Gasteiger partial charge in [-0.25, -0.2) is 0 Å². The maximum atomic E-state index is 7.37. The van der Waals surface area contributed by atoms with E-state index in [1.165, 1.54) is 21.9 Å². The van der Waals surface area contributed by atoms with Crippen molar-refractivity contribution in [3.05, 3.63) is 60.7 Å². The molecule has 0 aliphatic carbocycles. The van der Waals surface area contributed by atoms with Crippen LogP contribution in [0, 0.1) is 0 Å². The second-order valence-electron chi connectivity index (χ2n) is 6.26. The van der Waals surface area contributed by atoms with Crippen LogP contribution in [0.1, 0.15) is 27.7 Å². The van der Waals surface area contributed by atoms with E-state index in [9.17, 15) is 0 Å². The Labute approximate surface area is 150 Å². The molecule has 0 aromatic heterocycles. The molecule has 0 amide bonds. The van der Waals surface area contributed by atoms with Gasteiger partial charge in [-0.2, -0.15) is 0 Å². The average Bonchev–Trinajstić information content (AvgIpc) is 2.65. The van der Waals surface area contributed by atoms with Gasteiger partial charge in [0, 0.05) is 0 Å². The minimum absolute atomic E-state index is 1.15. The predicted octanol–water partition coefficient (Wildman–Crippen LogP) is 5.54. The maximum absolute atomic E-state index is 7.37. The molecule has 0 aliphatic rings. The Morgan fingerprint density at radius 1 is 0.609 bits per heavy atom. The van der Waals surface area contributed by atoms with Crippen LogP contribution in [0.3, 0.4) is 0 Å². The van der Waals surface area contributed by atoms with Gasteiger partial charge in [-0.3, -0.25) is 0 Å². The molecule has 0 aliphatic heterocycles. The topological polar surface area (TPSA) is 9.23 Å². The molecule has 0 atom stereocenters. The van der Waals surface area contributed by atoms with Crippen molar-refractivity contribution in [2.45, 2.75) is 46.6 Å². The van der Waals surface area contributed by atoms with Gasteiger partial charge in [-0.15, -0.1) is 0 Å². The van der Waals surface area contributed by atoms with Crippen molar-refractivity contribution < 1.29 is 35.9 Å². The van der Waals surface area contributed by atoms with E-state index in [2.05, 4.69) is 88.4 Å². The third kappa shape index (κ3) is 4.09. The molecule has 0 N–H and O–H groups in total. The van der Waals surface area contributed by atoms with Crippen LogP contribution in [0.15, 0.2) is 60.7 Å². The molecule has 0 bridgehead atoms. The van der Waals surface area contributed by atoms with Crippen molar-refractivity contribution in [2.24, 2.45) is 0 Å². The van der Waals surface area contributed by atoms with Crippen LogP contribution in [0.5, 0.6) is 0 Å². The molecule has 0 unspecified atom stereocenters. The van der Waals surface area contributed by atoms with Gasteiger partial charge >= 0.3 is 151 Å². The first-order valence-electron chi connectivity index (χ1n) is 8.97. The van der Waals surface area contributed by atoms with E-state index in [1.54, 1.807) is 0 Å². The monoisotopic (exact) mass is 382 g/mol. The SMILES string of the molecule is C[CH2][Ti]([CH2]C)([CH2]C)[O][Ti]([CH2]C)([c]1ccccc1)[c]1ccccc1. The normalized spacial score (nSPS) is 12.3. The Hall–Kier alpha value is -0.171. The van der Waals surface area contributed by atoms with Crippen molar-refractivity contribution in [3.63, 3.8) is 0 Å². The first-order chi connectivity index (χ1) is 11.2. The average molecular weight is 382 g/mol. The van der Waals surface area contributed by atoms with Gasteiger partial charge in [0.15, 0.2) is 0 Å². The van der Waals surface area contributed by atoms with Crippen molar-refractivity contribution in [1.82, 2.24) is 0 Å². The summed E-state index contributed by atoms with van der Waals surface area (Å²) in [5.41, 5.74) is 0. The van der Waals surface area contributed by atoms with E-state index in [-0.39, 0.29) is 0 Å². The predicted molar refractivity (Wildman–Crippen MR) is 95.2 cm³/mol. The van der Waals surface area contributed by atoms with E-state index in [4.69, 9.17) is 1.90 Å². The van der Waals surface area contributed by atoms with Gasteiger partial charge < -0.3 is 0 Å². The summed E-state index contributed by atoms with van der Waals surface area (Å²) in [4.78, 5) is 0. The second-order valence-corrected chi connectivity index (χ2v) is 20.4. The zero-order chi connectivity index (χ0) is 16.8. The van der Waals surface area contributed by atoms with Gasteiger partial charge in [0.2, 0.25) is 0 Å². The molecular weight excluding hydrogens is 352 g/mol. The summed E-state index contributed by atoms with van der Waals surface area (Å²) in [6.07, 6.45) is 0.